The number of phenolic OH excluding ortho intramolecular Hbond substituents is 1. The van der Waals surface area contributed by atoms with Crippen molar-refractivity contribution >= 4 is 34.0 Å². The van der Waals surface area contributed by atoms with Crippen LogP contribution in [0.5, 0.6) is 5.75 Å². The van der Waals surface area contributed by atoms with Gasteiger partial charge in [0.15, 0.2) is 0 Å². The number of rotatable bonds is 1. The first-order valence-corrected chi connectivity index (χ1v) is 5.05. The fourth-order valence-electron chi connectivity index (χ4n) is 1.51. The molecule has 0 saturated carbocycles. The molecule has 0 atom stereocenters. The molecule has 0 spiro atoms. The van der Waals surface area contributed by atoms with Gasteiger partial charge in [0, 0.05) is 10.2 Å². The monoisotopic (exact) mass is 208 g/mol. The van der Waals surface area contributed by atoms with E-state index in [-0.39, 0.29) is 5.75 Å². The number of hydrogen-bond acceptors (Lipinski definition) is 4. The molecule has 0 amide bonds. The third kappa shape index (κ3) is 1.30. The Bertz CT molecular complexity index is 478. The summed E-state index contributed by atoms with van der Waals surface area (Å²) in [7, 11) is -1.48. The molecule has 72 valence electrons. The molecule has 5 heteroatoms. The van der Waals surface area contributed by atoms with Crippen molar-refractivity contribution in [2.24, 2.45) is 0 Å². The smallest absolute Gasteiger partial charge is 0.489 e. The molecule has 3 N–H and O–H groups in total. The molecule has 2 aromatic rings. The first-order valence-electron chi connectivity index (χ1n) is 4.17. The van der Waals surface area contributed by atoms with Crippen molar-refractivity contribution in [2.75, 3.05) is 0 Å². The Morgan fingerprint density at radius 2 is 2.00 bits per heavy atom. The van der Waals surface area contributed by atoms with Crippen LogP contribution in [0.2, 0.25) is 0 Å². The summed E-state index contributed by atoms with van der Waals surface area (Å²) in [6, 6.07) is 3.38. The van der Waals surface area contributed by atoms with Crippen LogP contribution in [0.1, 0.15) is 5.56 Å². The molecule has 0 aliphatic carbocycles. The van der Waals surface area contributed by atoms with Crippen LogP contribution in [-0.2, 0) is 0 Å². The summed E-state index contributed by atoms with van der Waals surface area (Å²) in [5.74, 6) is 0.179. The summed E-state index contributed by atoms with van der Waals surface area (Å²) in [6.07, 6.45) is 0. The summed E-state index contributed by atoms with van der Waals surface area (Å²) < 4.78 is 0.948. The Hall–Kier alpha value is -1.04. The maximum Gasteiger partial charge on any atom is 0.489 e. The largest absolute Gasteiger partial charge is 0.508 e. The van der Waals surface area contributed by atoms with Crippen LogP contribution in [0.25, 0.3) is 10.1 Å². The van der Waals surface area contributed by atoms with Crippen LogP contribution < -0.4 is 5.46 Å². The maximum absolute atomic E-state index is 9.48. The molecule has 1 aromatic carbocycles. The minimum atomic E-state index is -1.48. The van der Waals surface area contributed by atoms with E-state index in [1.807, 2.05) is 0 Å². The third-order valence-corrected chi connectivity index (χ3v) is 3.24. The average molecular weight is 208 g/mol. The quantitative estimate of drug-likeness (QED) is 0.601. The summed E-state index contributed by atoms with van der Waals surface area (Å²) >= 11 is 1.43. The van der Waals surface area contributed by atoms with Gasteiger partial charge in [0.05, 0.1) is 0 Å². The molecular weight excluding hydrogens is 199 g/mol. The van der Waals surface area contributed by atoms with Crippen LogP contribution in [0, 0.1) is 6.92 Å². The van der Waals surface area contributed by atoms with Gasteiger partial charge < -0.3 is 15.2 Å². The predicted molar refractivity (Wildman–Crippen MR) is 58.1 cm³/mol. The van der Waals surface area contributed by atoms with Crippen molar-refractivity contribution in [1.82, 2.24) is 0 Å². The lowest BCUT2D eigenvalue weighted by molar-refractivity contribution is 0.426. The highest BCUT2D eigenvalue weighted by Crippen LogP contribution is 2.28. The maximum atomic E-state index is 9.48. The van der Waals surface area contributed by atoms with E-state index in [2.05, 4.69) is 0 Å². The molecule has 14 heavy (non-hydrogen) atoms. The lowest BCUT2D eigenvalue weighted by Gasteiger charge is -2.03. The standard InChI is InChI=1S/C9H9BO3S/c1-5-7(11)2-3-8-9(5)6(4-14-8)10(12)13/h2-4,11-13H,1H3. The molecule has 3 nitrogen and oxygen atoms in total. The van der Waals surface area contributed by atoms with E-state index in [1.165, 1.54) is 11.3 Å². The molecule has 0 bridgehead atoms. The van der Waals surface area contributed by atoms with Gasteiger partial charge in [0.1, 0.15) is 5.75 Å². The summed E-state index contributed by atoms with van der Waals surface area (Å²) in [4.78, 5) is 0. The number of phenols is 1. The minimum absolute atomic E-state index is 0.179. The molecule has 1 heterocycles. The number of fused-ring (bicyclic) bond motifs is 1. The third-order valence-electron chi connectivity index (χ3n) is 2.28. The fraction of sp³-hybridized carbons (Fsp3) is 0.111. The van der Waals surface area contributed by atoms with Gasteiger partial charge in [-0.3, -0.25) is 0 Å². The van der Waals surface area contributed by atoms with Gasteiger partial charge in [0.25, 0.3) is 0 Å². The Morgan fingerprint density at radius 3 is 2.64 bits per heavy atom. The van der Waals surface area contributed by atoms with Crippen molar-refractivity contribution < 1.29 is 15.2 Å². The topological polar surface area (TPSA) is 60.7 Å². The molecule has 2 rings (SSSR count). The first kappa shape index (κ1) is 9.52. The van der Waals surface area contributed by atoms with Crippen molar-refractivity contribution in [2.45, 2.75) is 6.92 Å². The summed E-state index contributed by atoms with van der Waals surface area (Å²) in [5, 5.41) is 30.1. The minimum Gasteiger partial charge on any atom is -0.508 e. The van der Waals surface area contributed by atoms with Crippen molar-refractivity contribution in [1.29, 1.82) is 0 Å². The van der Waals surface area contributed by atoms with Gasteiger partial charge in [-0.15, -0.1) is 11.3 Å². The fourth-order valence-corrected chi connectivity index (χ4v) is 2.54. The number of aromatic hydroxyl groups is 1. The zero-order chi connectivity index (χ0) is 10.3. The molecule has 1 aromatic heterocycles. The second-order valence-corrected chi connectivity index (χ2v) is 4.06. The Labute approximate surface area is 85.4 Å². The van der Waals surface area contributed by atoms with E-state index in [4.69, 9.17) is 10.0 Å². The van der Waals surface area contributed by atoms with Gasteiger partial charge in [-0.1, -0.05) is 0 Å². The Morgan fingerprint density at radius 1 is 1.29 bits per heavy atom. The second-order valence-electron chi connectivity index (χ2n) is 3.15. The van der Waals surface area contributed by atoms with E-state index in [9.17, 15) is 5.11 Å². The van der Waals surface area contributed by atoms with Gasteiger partial charge in [-0.25, -0.2) is 0 Å². The average Bonchev–Trinajstić information content (AvgIpc) is 2.55. The van der Waals surface area contributed by atoms with Crippen LogP contribution in [0.4, 0.5) is 0 Å². The van der Waals surface area contributed by atoms with E-state index in [0.717, 1.165) is 10.1 Å². The van der Waals surface area contributed by atoms with Crippen molar-refractivity contribution in [3.8, 4) is 5.75 Å². The summed E-state index contributed by atoms with van der Waals surface area (Å²) in [5.41, 5.74) is 1.14. The highest BCUT2D eigenvalue weighted by Gasteiger charge is 2.18. The molecule has 0 unspecified atom stereocenters. The number of thiophene rings is 1. The van der Waals surface area contributed by atoms with E-state index in [0.29, 0.717) is 11.0 Å². The van der Waals surface area contributed by atoms with Crippen molar-refractivity contribution in [3.63, 3.8) is 0 Å². The van der Waals surface area contributed by atoms with Crippen LogP contribution in [0.3, 0.4) is 0 Å². The lowest BCUT2D eigenvalue weighted by Crippen LogP contribution is -2.29. The molecular formula is C9H9BO3S. The molecule has 0 saturated heterocycles. The molecule has 0 aliphatic heterocycles. The molecule has 0 radical (unpaired) electrons. The Kier molecular flexibility index (Phi) is 2.22. The molecule has 0 fully saturated rings. The van der Waals surface area contributed by atoms with Gasteiger partial charge >= 0.3 is 7.12 Å². The highest BCUT2D eigenvalue weighted by molar-refractivity contribution is 7.18. The zero-order valence-corrected chi connectivity index (χ0v) is 8.38. The van der Waals surface area contributed by atoms with E-state index in [1.54, 1.807) is 24.4 Å². The summed E-state index contributed by atoms with van der Waals surface area (Å²) in [6.45, 7) is 1.76. The molecule has 0 aliphatic rings. The van der Waals surface area contributed by atoms with Gasteiger partial charge in [-0.2, -0.15) is 0 Å². The van der Waals surface area contributed by atoms with Crippen LogP contribution in [-0.4, -0.2) is 22.3 Å². The van der Waals surface area contributed by atoms with E-state index >= 15 is 0 Å². The van der Waals surface area contributed by atoms with Gasteiger partial charge in [0.2, 0.25) is 0 Å². The second kappa shape index (κ2) is 3.27. The predicted octanol–water partition coefficient (Wildman–Crippen LogP) is 0.595. The SMILES string of the molecule is Cc1c(O)ccc2scc(B(O)O)c12. The normalized spacial score (nSPS) is 10.8. The number of hydrogen-bond donors (Lipinski definition) is 3. The highest BCUT2D eigenvalue weighted by atomic mass is 32.1. The Balaban J connectivity index is 2.82. The van der Waals surface area contributed by atoms with E-state index < -0.39 is 7.12 Å². The first-order chi connectivity index (χ1) is 6.61. The van der Waals surface area contributed by atoms with Crippen LogP contribution >= 0.6 is 11.3 Å². The zero-order valence-electron chi connectivity index (χ0n) is 7.56. The lowest BCUT2D eigenvalue weighted by atomic mass is 9.79. The van der Waals surface area contributed by atoms with Crippen LogP contribution in [0.15, 0.2) is 17.5 Å². The van der Waals surface area contributed by atoms with Crippen molar-refractivity contribution in [3.05, 3.63) is 23.1 Å². The number of benzene rings is 1. The number of aryl methyl sites for hydroxylation is 1. The van der Waals surface area contributed by atoms with Gasteiger partial charge in [-0.05, 0) is 35.4 Å².